The van der Waals surface area contributed by atoms with Crippen LogP contribution in [0.3, 0.4) is 0 Å². The summed E-state index contributed by atoms with van der Waals surface area (Å²) in [5.41, 5.74) is -0.412. The van der Waals surface area contributed by atoms with Gasteiger partial charge in [-0.2, -0.15) is 8.42 Å². The molecule has 0 spiro atoms. The molecule has 1 atom stereocenters. The summed E-state index contributed by atoms with van der Waals surface area (Å²) in [6.45, 7) is 0.847. The minimum atomic E-state index is -3.38. The Kier molecular flexibility index (Phi) is 3.53. The Balaban J connectivity index is 1.79. The molecule has 1 heterocycles. The molecular formula is C10H18O5S. The molecule has 1 saturated heterocycles. The third-order valence-corrected chi connectivity index (χ3v) is 3.41. The molecule has 2 fully saturated rings. The van der Waals surface area contributed by atoms with Gasteiger partial charge in [-0.1, -0.05) is 0 Å². The van der Waals surface area contributed by atoms with Crippen molar-refractivity contribution in [2.75, 3.05) is 19.5 Å². The topological polar surface area (TPSA) is 61.8 Å². The van der Waals surface area contributed by atoms with Crippen molar-refractivity contribution in [1.82, 2.24) is 0 Å². The van der Waals surface area contributed by atoms with E-state index in [0.717, 1.165) is 45.0 Å². The lowest BCUT2D eigenvalue weighted by molar-refractivity contribution is -0.202. The summed E-state index contributed by atoms with van der Waals surface area (Å²) < 4.78 is 37.8. The van der Waals surface area contributed by atoms with Crippen LogP contribution >= 0.6 is 0 Å². The summed E-state index contributed by atoms with van der Waals surface area (Å²) in [6, 6.07) is 0. The van der Waals surface area contributed by atoms with E-state index in [1.54, 1.807) is 0 Å². The Morgan fingerprint density at radius 1 is 1.38 bits per heavy atom. The van der Waals surface area contributed by atoms with Gasteiger partial charge in [0.05, 0.1) is 18.5 Å². The molecule has 6 heteroatoms. The van der Waals surface area contributed by atoms with Crippen LogP contribution in [0, 0.1) is 0 Å². The molecule has 2 aliphatic rings. The average Bonchev–Trinajstić information content (AvgIpc) is 2.96. The molecule has 0 N–H and O–H groups in total. The van der Waals surface area contributed by atoms with Crippen LogP contribution in [-0.2, 0) is 23.8 Å². The number of hydrogen-bond acceptors (Lipinski definition) is 5. The normalized spacial score (nSPS) is 28.9. The summed E-state index contributed by atoms with van der Waals surface area (Å²) in [5.74, 6) is 0. The summed E-state index contributed by atoms with van der Waals surface area (Å²) >= 11 is 0. The molecule has 0 aromatic carbocycles. The molecule has 1 unspecified atom stereocenters. The second-order valence-corrected chi connectivity index (χ2v) is 6.21. The SMILES string of the molecule is CS(=O)(=O)OCC1(OC2CCCCO2)CC1. The molecular weight excluding hydrogens is 232 g/mol. The van der Waals surface area contributed by atoms with Crippen LogP contribution < -0.4 is 0 Å². The summed E-state index contributed by atoms with van der Waals surface area (Å²) in [7, 11) is -3.38. The van der Waals surface area contributed by atoms with Crippen molar-refractivity contribution in [3.8, 4) is 0 Å². The zero-order chi connectivity index (χ0) is 11.6. The van der Waals surface area contributed by atoms with Gasteiger partial charge in [0.15, 0.2) is 6.29 Å². The van der Waals surface area contributed by atoms with Gasteiger partial charge in [-0.25, -0.2) is 0 Å². The van der Waals surface area contributed by atoms with Crippen LogP contribution in [0.4, 0.5) is 0 Å². The second-order valence-electron chi connectivity index (χ2n) is 4.56. The van der Waals surface area contributed by atoms with Gasteiger partial charge in [0.1, 0.15) is 0 Å². The van der Waals surface area contributed by atoms with Crippen molar-refractivity contribution in [1.29, 1.82) is 0 Å². The zero-order valence-electron chi connectivity index (χ0n) is 9.48. The highest BCUT2D eigenvalue weighted by molar-refractivity contribution is 7.85. The first-order valence-electron chi connectivity index (χ1n) is 5.63. The van der Waals surface area contributed by atoms with Crippen molar-refractivity contribution in [2.24, 2.45) is 0 Å². The van der Waals surface area contributed by atoms with E-state index in [1.165, 1.54) is 0 Å². The van der Waals surface area contributed by atoms with Crippen molar-refractivity contribution < 1.29 is 22.1 Å². The molecule has 16 heavy (non-hydrogen) atoms. The fraction of sp³-hybridized carbons (Fsp3) is 1.00. The number of hydrogen-bond donors (Lipinski definition) is 0. The standard InChI is InChI=1S/C10H18O5S/c1-16(11,12)14-8-10(5-6-10)15-9-4-2-3-7-13-9/h9H,2-8H2,1H3. The fourth-order valence-electron chi connectivity index (χ4n) is 1.73. The first-order chi connectivity index (χ1) is 7.49. The molecule has 1 aliphatic carbocycles. The molecule has 1 aliphatic heterocycles. The quantitative estimate of drug-likeness (QED) is 0.682. The van der Waals surface area contributed by atoms with Gasteiger partial charge in [0, 0.05) is 6.61 Å². The van der Waals surface area contributed by atoms with E-state index in [1.807, 2.05) is 0 Å². The summed E-state index contributed by atoms with van der Waals surface area (Å²) in [4.78, 5) is 0. The fourth-order valence-corrected chi connectivity index (χ4v) is 2.16. The van der Waals surface area contributed by atoms with Gasteiger partial charge < -0.3 is 9.47 Å². The highest BCUT2D eigenvalue weighted by atomic mass is 32.2. The molecule has 0 aromatic heterocycles. The van der Waals surface area contributed by atoms with Crippen LogP contribution in [0.25, 0.3) is 0 Å². The van der Waals surface area contributed by atoms with Crippen LogP contribution in [0.15, 0.2) is 0 Å². The first-order valence-corrected chi connectivity index (χ1v) is 7.45. The van der Waals surface area contributed by atoms with Gasteiger partial charge in [0.2, 0.25) is 0 Å². The Bertz CT molecular complexity index is 327. The zero-order valence-corrected chi connectivity index (χ0v) is 10.3. The van der Waals surface area contributed by atoms with Crippen LogP contribution in [0.5, 0.6) is 0 Å². The van der Waals surface area contributed by atoms with Crippen molar-refractivity contribution in [3.63, 3.8) is 0 Å². The third-order valence-electron chi connectivity index (χ3n) is 2.86. The molecule has 94 valence electrons. The Morgan fingerprint density at radius 2 is 2.12 bits per heavy atom. The summed E-state index contributed by atoms with van der Waals surface area (Å²) in [6.07, 6.45) is 5.64. The number of rotatable bonds is 5. The maximum atomic E-state index is 10.9. The molecule has 0 amide bonds. The van der Waals surface area contributed by atoms with Crippen molar-refractivity contribution in [2.45, 2.75) is 44.0 Å². The largest absolute Gasteiger partial charge is 0.353 e. The van der Waals surface area contributed by atoms with E-state index >= 15 is 0 Å². The Labute approximate surface area is 96.2 Å². The molecule has 0 aromatic rings. The van der Waals surface area contributed by atoms with E-state index in [9.17, 15) is 8.42 Å². The highest BCUT2D eigenvalue weighted by Crippen LogP contribution is 2.42. The maximum absolute atomic E-state index is 10.9. The maximum Gasteiger partial charge on any atom is 0.264 e. The Hall–Kier alpha value is -0.170. The van der Waals surface area contributed by atoms with E-state index in [4.69, 9.17) is 13.7 Å². The average molecular weight is 250 g/mol. The van der Waals surface area contributed by atoms with Gasteiger partial charge >= 0.3 is 0 Å². The van der Waals surface area contributed by atoms with Gasteiger partial charge in [-0.3, -0.25) is 4.18 Å². The van der Waals surface area contributed by atoms with Gasteiger partial charge in [0.25, 0.3) is 10.1 Å². The molecule has 1 saturated carbocycles. The smallest absolute Gasteiger partial charge is 0.264 e. The third kappa shape index (κ3) is 3.69. The van der Waals surface area contributed by atoms with Crippen LogP contribution in [0.1, 0.15) is 32.1 Å². The molecule has 2 rings (SSSR count). The van der Waals surface area contributed by atoms with E-state index < -0.39 is 15.7 Å². The lowest BCUT2D eigenvalue weighted by atomic mass is 10.2. The lowest BCUT2D eigenvalue weighted by Gasteiger charge is -2.27. The predicted molar refractivity (Wildman–Crippen MR) is 57.4 cm³/mol. The monoisotopic (exact) mass is 250 g/mol. The highest BCUT2D eigenvalue weighted by Gasteiger charge is 2.47. The number of ether oxygens (including phenoxy) is 2. The minimum absolute atomic E-state index is 0.117. The van der Waals surface area contributed by atoms with Gasteiger partial charge in [-0.05, 0) is 32.1 Å². The van der Waals surface area contributed by atoms with E-state index in [0.29, 0.717) is 0 Å². The minimum Gasteiger partial charge on any atom is -0.353 e. The molecule has 5 nitrogen and oxygen atoms in total. The first kappa shape index (κ1) is 12.3. The predicted octanol–water partition coefficient (Wildman–Crippen LogP) is 1.04. The van der Waals surface area contributed by atoms with Crippen molar-refractivity contribution in [3.05, 3.63) is 0 Å². The molecule has 0 radical (unpaired) electrons. The molecule has 0 bridgehead atoms. The Morgan fingerprint density at radius 3 is 2.62 bits per heavy atom. The second kappa shape index (κ2) is 4.60. The van der Waals surface area contributed by atoms with Crippen LogP contribution in [-0.4, -0.2) is 39.8 Å². The summed E-state index contributed by atoms with van der Waals surface area (Å²) in [5, 5.41) is 0. The van der Waals surface area contributed by atoms with Gasteiger partial charge in [-0.15, -0.1) is 0 Å². The lowest BCUT2D eigenvalue weighted by Crippen LogP contribution is -2.32. The van der Waals surface area contributed by atoms with Crippen molar-refractivity contribution >= 4 is 10.1 Å². The van der Waals surface area contributed by atoms with E-state index in [-0.39, 0.29) is 12.9 Å². The van der Waals surface area contributed by atoms with Crippen LogP contribution in [0.2, 0.25) is 0 Å². The van der Waals surface area contributed by atoms with E-state index in [2.05, 4.69) is 0 Å².